The lowest BCUT2D eigenvalue weighted by molar-refractivity contribution is -0.131. The van der Waals surface area contributed by atoms with Gasteiger partial charge in [-0.05, 0) is 47.9 Å². The summed E-state index contributed by atoms with van der Waals surface area (Å²) in [6.07, 6.45) is 4.93. The van der Waals surface area contributed by atoms with Crippen LogP contribution in [0.3, 0.4) is 0 Å². The number of carbonyl (C=O) groups is 1. The third-order valence-electron chi connectivity index (χ3n) is 3.14. The number of carboxylic acid groups (broad SMARTS) is 1. The molecule has 0 aliphatic heterocycles. The van der Waals surface area contributed by atoms with Gasteiger partial charge in [0.1, 0.15) is 5.75 Å². The molecule has 21 heavy (non-hydrogen) atoms. The molecule has 1 N–H and O–H groups in total. The van der Waals surface area contributed by atoms with Crippen molar-refractivity contribution in [1.82, 2.24) is 0 Å². The summed E-state index contributed by atoms with van der Waals surface area (Å²) < 4.78 is 5.73. The Kier molecular flexibility index (Phi) is 6.47. The molecular formula is C18H26O3. The van der Waals surface area contributed by atoms with Gasteiger partial charge < -0.3 is 9.84 Å². The summed E-state index contributed by atoms with van der Waals surface area (Å²) in [5.41, 5.74) is 1.21. The highest BCUT2D eigenvalue weighted by molar-refractivity contribution is 5.85. The standard InChI is InChI=1S/C18H26O3/c1-14(13-18(2,3)4)11-12-21-16-8-5-15(6-9-16)7-10-17(19)20/h5-10,14H,11-13H2,1-4H3,(H,19,20). The summed E-state index contributed by atoms with van der Waals surface area (Å²) in [7, 11) is 0. The van der Waals surface area contributed by atoms with Crippen LogP contribution >= 0.6 is 0 Å². The minimum Gasteiger partial charge on any atom is -0.494 e. The lowest BCUT2D eigenvalue weighted by Gasteiger charge is -2.23. The monoisotopic (exact) mass is 290 g/mol. The second kappa shape index (κ2) is 7.87. The predicted octanol–water partition coefficient (Wildman–Crippen LogP) is 4.63. The van der Waals surface area contributed by atoms with E-state index < -0.39 is 5.97 Å². The Morgan fingerprint density at radius 2 is 1.90 bits per heavy atom. The molecule has 3 heteroatoms. The van der Waals surface area contributed by atoms with Crippen LogP contribution in [0.25, 0.3) is 6.08 Å². The minimum absolute atomic E-state index is 0.359. The maximum absolute atomic E-state index is 10.4. The zero-order chi connectivity index (χ0) is 15.9. The molecule has 1 aromatic rings. The average Bonchev–Trinajstić information content (AvgIpc) is 2.35. The SMILES string of the molecule is CC(CCOc1ccc(C=CC(=O)O)cc1)CC(C)(C)C. The fourth-order valence-corrected chi connectivity index (χ4v) is 2.37. The van der Waals surface area contributed by atoms with Gasteiger partial charge in [-0.15, -0.1) is 0 Å². The molecule has 0 saturated heterocycles. The molecule has 116 valence electrons. The van der Waals surface area contributed by atoms with Gasteiger partial charge in [-0.25, -0.2) is 4.79 Å². The maximum atomic E-state index is 10.4. The van der Waals surface area contributed by atoms with E-state index in [-0.39, 0.29) is 0 Å². The summed E-state index contributed by atoms with van der Waals surface area (Å²) in [6.45, 7) is 9.74. The predicted molar refractivity (Wildman–Crippen MR) is 86.5 cm³/mol. The van der Waals surface area contributed by atoms with E-state index in [4.69, 9.17) is 9.84 Å². The molecule has 0 radical (unpaired) electrons. The number of ether oxygens (including phenoxy) is 1. The molecule has 0 aromatic heterocycles. The van der Waals surface area contributed by atoms with E-state index >= 15 is 0 Å². The van der Waals surface area contributed by atoms with E-state index in [2.05, 4.69) is 27.7 Å². The normalized spacial score (nSPS) is 13.3. The highest BCUT2D eigenvalue weighted by Crippen LogP contribution is 2.26. The summed E-state index contributed by atoms with van der Waals surface area (Å²) >= 11 is 0. The fraction of sp³-hybridized carbons (Fsp3) is 0.500. The van der Waals surface area contributed by atoms with Crippen LogP contribution < -0.4 is 4.74 Å². The van der Waals surface area contributed by atoms with Gasteiger partial charge in [0, 0.05) is 6.08 Å². The second-order valence-electron chi connectivity index (χ2n) is 6.75. The number of benzene rings is 1. The molecule has 0 fully saturated rings. The van der Waals surface area contributed by atoms with Crippen molar-refractivity contribution in [2.24, 2.45) is 11.3 Å². The molecule has 0 aliphatic carbocycles. The molecule has 0 aliphatic rings. The molecule has 0 heterocycles. The Hall–Kier alpha value is -1.77. The topological polar surface area (TPSA) is 46.5 Å². The van der Waals surface area contributed by atoms with Crippen molar-refractivity contribution in [3.05, 3.63) is 35.9 Å². The first-order chi connectivity index (χ1) is 9.76. The molecular weight excluding hydrogens is 264 g/mol. The summed E-state index contributed by atoms with van der Waals surface area (Å²) in [6, 6.07) is 7.45. The Balaban J connectivity index is 2.38. The summed E-state index contributed by atoms with van der Waals surface area (Å²) in [4.78, 5) is 10.4. The summed E-state index contributed by atoms with van der Waals surface area (Å²) in [5, 5.41) is 8.57. The van der Waals surface area contributed by atoms with Crippen molar-refractivity contribution in [1.29, 1.82) is 0 Å². The largest absolute Gasteiger partial charge is 0.494 e. The molecule has 0 spiro atoms. The Morgan fingerprint density at radius 3 is 2.43 bits per heavy atom. The van der Waals surface area contributed by atoms with Crippen molar-refractivity contribution in [3.63, 3.8) is 0 Å². The second-order valence-corrected chi connectivity index (χ2v) is 6.75. The number of rotatable bonds is 7. The van der Waals surface area contributed by atoms with Crippen LogP contribution in [-0.2, 0) is 4.79 Å². The third kappa shape index (κ3) is 8.18. The van der Waals surface area contributed by atoms with Gasteiger partial charge in [0.2, 0.25) is 0 Å². The van der Waals surface area contributed by atoms with Crippen LogP contribution in [-0.4, -0.2) is 17.7 Å². The Labute approximate surface area is 127 Å². The zero-order valence-corrected chi connectivity index (χ0v) is 13.4. The molecule has 0 amide bonds. The lowest BCUT2D eigenvalue weighted by Crippen LogP contribution is -2.13. The average molecular weight is 290 g/mol. The highest BCUT2D eigenvalue weighted by Gasteiger charge is 2.15. The van der Waals surface area contributed by atoms with E-state index in [9.17, 15) is 4.79 Å². The first-order valence-corrected chi connectivity index (χ1v) is 7.40. The van der Waals surface area contributed by atoms with E-state index in [1.165, 1.54) is 6.42 Å². The van der Waals surface area contributed by atoms with Crippen LogP contribution in [0.1, 0.15) is 46.1 Å². The van der Waals surface area contributed by atoms with Gasteiger partial charge >= 0.3 is 5.97 Å². The number of hydrogen-bond donors (Lipinski definition) is 1. The van der Waals surface area contributed by atoms with E-state index in [0.717, 1.165) is 23.8 Å². The van der Waals surface area contributed by atoms with E-state index in [1.54, 1.807) is 6.08 Å². The van der Waals surface area contributed by atoms with Crippen molar-refractivity contribution in [3.8, 4) is 5.75 Å². The number of carboxylic acids is 1. The van der Waals surface area contributed by atoms with Crippen molar-refractivity contribution < 1.29 is 14.6 Å². The van der Waals surface area contributed by atoms with Gasteiger partial charge in [0.05, 0.1) is 6.61 Å². The Bertz CT molecular complexity index is 466. The highest BCUT2D eigenvalue weighted by atomic mass is 16.5. The number of aliphatic carboxylic acids is 1. The zero-order valence-electron chi connectivity index (χ0n) is 13.4. The van der Waals surface area contributed by atoms with Crippen LogP contribution in [0.15, 0.2) is 30.3 Å². The third-order valence-corrected chi connectivity index (χ3v) is 3.14. The van der Waals surface area contributed by atoms with E-state index in [0.29, 0.717) is 17.9 Å². The van der Waals surface area contributed by atoms with Crippen molar-refractivity contribution in [2.75, 3.05) is 6.61 Å². The first kappa shape index (κ1) is 17.3. The first-order valence-electron chi connectivity index (χ1n) is 7.40. The smallest absolute Gasteiger partial charge is 0.328 e. The molecule has 1 rings (SSSR count). The van der Waals surface area contributed by atoms with E-state index in [1.807, 2.05) is 24.3 Å². The molecule has 3 nitrogen and oxygen atoms in total. The van der Waals surface area contributed by atoms with Gasteiger partial charge in [0.15, 0.2) is 0 Å². The summed E-state index contributed by atoms with van der Waals surface area (Å²) in [5.74, 6) is 0.524. The van der Waals surface area contributed by atoms with Gasteiger partial charge in [-0.3, -0.25) is 0 Å². The Morgan fingerprint density at radius 1 is 1.29 bits per heavy atom. The molecule has 1 atom stereocenters. The quantitative estimate of drug-likeness (QED) is 0.745. The lowest BCUT2D eigenvalue weighted by atomic mass is 9.84. The molecule has 0 saturated carbocycles. The van der Waals surface area contributed by atoms with Crippen molar-refractivity contribution >= 4 is 12.0 Å². The maximum Gasteiger partial charge on any atom is 0.328 e. The fourth-order valence-electron chi connectivity index (χ4n) is 2.37. The van der Waals surface area contributed by atoms with Crippen molar-refractivity contribution in [2.45, 2.75) is 40.5 Å². The van der Waals surface area contributed by atoms with Crippen LogP contribution in [0.2, 0.25) is 0 Å². The van der Waals surface area contributed by atoms with Gasteiger partial charge in [0.25, 0.3) is 0 Å². The van der Waals surface area contributed by atoms with Gasteiger partial charge in [-0.1, -0.05) is 39.8 Å². The number of hydrogen-bond acceptors (Lipinski definition) is 2. The molecule has 0 bridgehead atoms. The van der Waals surface area contributed by atoms with Crippen LogP contribution in [0, 0.1) is 11.3 Å². The van der Waals surface area contributed by atoms with Gasteiger partial charge in [-0.2, -0.15) is 0 Å². The van der Waals surface area contributed by atoms with Crippen LogP contribution in [0.5, 0.6) is 5.75 Å². The molecule has 1 unspecified atom stereocenters. The van der Waals surface area contributed by atoms with Crippen LogP contribution in [0.4, 0.5) is 0 Å². The molecule has 1 aromatic carbocycles. The minimum atomic E-state index is -0.942.